The second-order valence-electron chi connectivity index (χ2n) is 4.48. The zero-order valence-electron chi connectivity index (χ0n) is 8.87. The molecule has 0 aromatic heterocycles. The van der Waals surface area contributed by atoms with E-state index in [4.69, 9.17) is 5.11 Å². The van der Waals surface area contributed by atoms with Crippen LogP contribution in [0, 0.1) is 11.8 Å². The van der Waals surface area contributed by atoms with Crippen molar-refractivity contribution in [2.45, 2.75) is 18.9 Å². The molecule has 5 heteroatoms. The van der Waals surface area contributed by atoms with Gasteiger partial charge in [0.15, 0.2) is 0 Å². The normalized spacial score (nSPS) is 33.3. The third kappa shape index (κ3) is 2.09. The van der Waals surface area contributed by atoms with Gasteiger partial charge in [0.2, 0.25) is 5.91 Å². The van der Waals surface area contributed by atoms with Crippen LogP contribution in [-0.4, -0.2) is 46.2 Å². The SMILES string of the molecule is O=C(O)/C=C/C(=O)N1CC2CCC(O)C2C1. The number of aliphatic hydroxyl groups excluding tert-OH is 1. The minimum atomic E-state index is -1.12. The first-order valence-electron chi connectivity index (χ1n) is 5.46. The molecule has 5 nitrogen and oxygen atoms in total. The van der Waals surface area contributed by atoms with E-state index in [0.29, 0.717) is 19.0 Å². The summed E-state index contributed by atoms with van der Waals surface area (Å²) in [6.45, 7) is 1.19. The number of carboxylic acids is 1. The number of carboxylic acid groups (broad SMARTS) is 1. The lowest BCUT2D eigenvalue weighted by Gasteiger charge is -2.16. The van der Waals surface area contributed by atoms with Crippen LogP contribution in [0.3, 0.4) is 0 Å². The fourth-order valence-electron chi connectivity index (χ4n) is 2.66. The molecular formula is C11H15NO4. The summed E-state index contributed by atoms with van der Waals surface area (Å²) in [5.74, 6) is -0.823. The van der Waals surface area contributed by atoms with Gasteiger partial charge in [-0.15, -0.1) is 0 Å². The Kier molecular flexibility index (Phi) is 2.96. The maximum absolute atomic E-state index is 11.6. The second-order valence-corrected chi connectivity index (χ2v) is 4.48. The number of aliphatic hydroxyl groups is 1. The number of likely N-dealkylation sites (tertiary alicyclic amines) is 1. The summed E-state index contributed by atoms with van der Waals surface area (Å²) in [4.78, 5) is 23.5. The van der Waals surface area contributed by atoms with Gasteiger partial charge in [-0.3, -0.25) is 4.79 Å². The van der Waals surface area contributed by atoms with Crippen molar-refractivity contribution in [2.75, 3.05) is 13.1 Å². The summed E-state index contributed by atoms with van der Waals surface area (Å²) in [5, 5.41) is 18.1. The monoisotopic (exact) mass is 225 g/mol. The van der Waals surface area contributed by atoms with E-state index in [1.807, 2.05) is 0 Å². The van der Waals surface area contributed by atoms with Crippen LogP contribution in [0.25, 0.3) is 0 Å². The Labute approximate surface area is 93.4 Å². The predicted octanol–water partition coefficient (Wildman–Crippen LogP) is -0.144. The topological polar surface area (TPSA) is 77.8 Å². The lowest BCUT2D eigenvalue weighted by Crippen LogP contribution is -2.29. The molecule has 0 radical (unpaired) electrons. The van der Waals surface area contributed by atoms with Crippen LogP contribution in [-0.2, 0) is 9.59 Å². The molecule has 1 aliphatic heterocycles. The summed E-state index contributed by atoms with van der Waals surface area (Å²) in [7, 11) is 0. The van der Waals surface area contributed by atoms with E-state index < -0.39 is 5.97 Å². The molecule has 2 fully saturated rings. The third-order valence-electron chi connectivity index (χ3n) is 3.50. The number of nitrogens with zero attached hydrogens (tertiary/aromatic N) is 1. The third-order valence-corrected chi connectivity index (χ3v) is 3.50. The van der Waals surface area contributed by atoms with Gasteiger partial charge < -0.3 is 15.1 Å². The molecule has 0 aromatic carbocycles. The summed E-state index contributed by atoms with van der Waals surface area (Å²) in [5.41, 5.74) is 0. The first-order valence-corrected chi connectivity index (χ1v) is 5.46. The quantitative estimate of drug-likeness (QED) is 0.641. The number of carbonyl (C=O) groups is 2. The van der Waals surface area contributed by atoms with E-state index in [1.165, 1.54) is 0 Å². The van der Waals surface area contributed by atoms with Gasteiger partial charge in [-0.25, -0.2) is 4.79 Å². The first-order chi connectivity index (χ1) is 7.58. The number of carbonyl (C=O) groups excluding carboxylic acids is 1. The van der Waals surface area contributed by atoms with Crippen molar-refractivity contribution >= 4 is 11.9 Å². The van der Waals surface area contributed by atoms with Crippen LogP contribution in [0.5, 0.6) is 0 Å². The summed E-state index contributed by atoms with van der Waals surface area (Å²) < 4.78 is 0. The van der Waals surface area contributed by atoms with Crippen molar-refractivity contribution in [1.29, 1.82) is 0 Å². The number of hydrogen-bond acceptors (Lipinski definition) is 3. The second kappa shape index (κ2) is 4.25. The summed E-state index contributed by atoms with van der Waals surface area (Å²) in [6, 6.07) is 0. The molecule has 0 bridgehead atoms. The molecule has 2 rings (SSSR count). The summed E-state index contributed by atoms with van der Waals surface area (Å²) in [6.07, 6.45) is 3.41. The Balaban J connectivity index is 1.94. The number of rotatable bonds is 2. The Hall–Kier alpha value is -1.36. The van der Waals surface area contributed by atoms with Crippen LogP contribution in [0.2, 0.25) is 0 Å². The molecule has 3 unspecified atom stereocenters. The highest BCUT2D eigenvalue weighted by molar-refractivity contribution is 5.94. The standard InChI is InChI=1S/C11H15NO4/c13-9-2-1-7-5-12(6-8(7)9)10(14)3-4-11(15)16/h3-4,7-9,13H,1-2,5-6H2,(H,15,16)/b4-3+. The zero-order valence-corrected chi connectivity index (χ0v) is 8.87. The van der Waals surface area contributed by atoms with Crippen molar-refractivity contribution in [3.63, 3.8) is 0 Å². The molecule has 0 aromatic rings. The smallest absolute Gasteiger partial charge is 0.328 e. The van der Waals surface area contributed by atoms with E-state index in [0.717, 1.165) is 25.0 Å². The van der Waals surface area contributed by atoms with E-state index in [1.54, 1.807) is 4.90 Å². The first kappa shape index (κ1) is 11.1. The Bertz CT molecular complexity index is 339. The van der Waals surface area contributed by atoms with E-state index >= 15 is 0 Å². The van der Waals surface area contributed by atoms with Gasteiger partial charge in [0.25, 0.3) is 0 Å². The lowest BCUT2D eigenvalue weighted by molar-refractivity contribution is -0.132. The molecule has 2 N–H and O–H groups in total. The average Bonchev–Trinajstić information content (AvgIpc) is 2.78. The van der Waals surface area contributed by atoms with Crippen LogP contribution < -0.4 is 0 Å². The molecule has 1 aliphatic carbocycles. The van der Waals surface area contributed by atoms with Crippen molar-refractivity contribution in [3.05, 3.63) is 12.2 Å². The average molecular weight is 225 g/mol. The van der Waals surface area contributed by atoms with E-state index in [2.05, 4.69) is 0 Å². The van der Waals surface area contributed by atoms with Gasteiger partial charge in [0.1, 0.15) is 0 Å². The van der Waals surface area contributed by atoms with Crippen LogP contribution >= 0.6 is 0 Å². The Morgan fingerprint density at radius 3 is 2.56 bits per heavy atom. The molecule has 0 spiro atoms. The fourth-order valence-corrected chi connectivity index (χ4v) is 2.66. The predicted molar refractivity (Wildman–Crippen MR) is 55.6 cm³/mol. The molecule has 88 valence electrons. The molecular weight excluding hydrogens is 210 g/mol. The largest absolute Gasteiger partial charge is 0.478 e. The van der Waals surface area contributed by atoms with Crippen molar-refractivity contribution in [1.82, 2.24) is 4.90 Å². The van der Waals surface area contributed by atoms with E-state index in [9.17, 15) is 14.7 Å². The Morgan fingerprint density at radius 2 is 1.94 bits per heavy atom. The lowest BCUT2D eigenvalue weighted by atomic mass is 10.00. The maximum atomic E-state index is 11.6. The van der Waals surface area contributed by atoms with Gasteiger partial charge in [0, 0.05) is 31.2 Å². The maximum Gasteiger partial charge on any atom is 0.328 e. The molecule has 3 atom stereocenters. The van der Waals surface area contributed by atoms with Gasteiger partial charge >= 0.3 is 5.97 Å². The molecule has 1 saturated heterocycles. The van der Waals surface area contributed by atoms with E-state index in [-0.39, 0.29) is 17.9 Å². The minimum absolute atomic E-state index is 0.183. The van der Waals surface area contributed by atoms with Crippen LogP contribution in [0.4, 0.5) is 0 Å². The van der Waals surface area contributed by atoms with Crippen molar-refractivity contribution < 1.29 is 19.8 Å². The van der Waals surface area contributed by atoms with Gasteiger partial charge in [-0.05, 0) is 18.8 Å². The highest BCUT2D eigenvalue weighted by atomic mass is 16.4. The Morgan fingerprint density at radius 1 is 1.19 bits per heavy atom. The highest BCUT2D eigenvalue weighted by Crippen LogP contribution is 2.37. The number of hydrogen-bond donors (Lipinski definition) is 2. The van der Waals surface area contributed by atoms with Crippen LogP contribution in [0.1, 0.15) is 12.8 Å². The zero-order chi connectivity index (χ0) is 11.7. The number of amides is 1. The molecule has 1 heterocycles. The van der Waals surface area contributed by atoms with Crippen molar-refractivity contribution in [2.24, 2.45) is 11.8 Å². The summed E-state index contributed by atoms with van der Waals surface area (Å²) >= 11 is 0. The number of aliphatic carboxylic acids is 1. The highest BCUT2D eigenvalue weighted by Gasteiger charge is 2.42. The molecule has 1 saturated carbocycles. The van der Waals surface area contributed by atoms with Gasteiger partial charge in [0.05, 0.1) is 6.10 Å². The van der Waals surface area contributed by atoms with Crippen LogP contribution in [0.15, 0.2) is 12.2 Å². The fraction of sp³-hybridized carbons (Fsp3) is 0.636. The van der Waals surface area contributed by atoms with Gasteiger partial charge in [-0.1, -0.05) is 0 Å². The molecule has 2 aliphatic rings. The molecule has 16 heavy (non-hydrogen) atoms. The minimum Gasteiger partial charge on any atom is -0.478 e. The number of fused-ring (bicyclic) bond motifs is 1. The van der Waals surface area contributed by atoms with Gasteiger partial charge in [-0.2, -0.15) is 0 Å². The van der Waals surface area contributed by atoms with Crippen molar-refractivity contribution in [3.8, 4) is 0 Å². The molecule has 1 amide bonds.